The summed E-state index contributed by atoms with van der Waals surface area (Å²) in [6, 6.07) is 8.53. The van der Waals surface area contributed by atoms with Crippen molar-refractivity contribution in [3.8, 4) is 0 Å². The van der Waals surface area contributed by atoms with Crippen LogP contribution in [-0.2, 0) is 4.57 Å². The van der Waals surface area contributed by atoms with Crippen LogP contribution in [0.2, 0.25) is 0 Å². The molecule has 2 bridgehead atoms. The Labute approximate surface area is 205 Å². The van der Waals surface area contributed by atoms with E-state index in [0.29, 0.717) is 29.2 Å². The van der Waals surface area contributed by atoms with Gasteiger partial charge in [0.2, 0.25) is 0 Å². The topological polar surface area (TPSA) is 125 Å². The second-order valence-corrected chi connectivity index (χ2v) is 11.7. The second-order valence-electron chi connectivity index (χ2n) is 10.4. The number of para-hydroxylation sites is 2. The number of nitrogens with zero attached hydrogens (tertiary/aromatic N) is 3. The van der Waals surface area contributed by atoms with Crippen LogP contribution in [0.1, 0.15) is 93.6 Å². The van der Waals surface area contributed by atoms with Gasteiger partial charge in [-0.1, -0.05) is 50.7 Å². The molecule has 1 saturated carbocycles. The molecule has 1 aliphatic carbocycles. The van der Waals surface area contributed by atoms with E-state index in [9.17, 15) is 23.9 Å². The van der Waals surface area contributed by atoms with Crippen molar-refractivity contribution in [2.75, 3.05) is 0 Å². The predicted molar refractivity (Wildman–Crippen MR) is 133 cm³/mol. The average molecular weight is 503 g/mol. The molecule has 3 atom stereocenters. The van der Waals surface area contributed by atoms with Crippen LogP contribution in [0.15, 0.2) is 29.1 Å². The first-order valence-electron chi connectivity index (χ1n) is 13.0. The predicted octanol–water partition coefficient (Wildman–Crippen LogP) is 3.89. The van der Waals surface area contributed by atoms with E-state index in [2.05, 4.69) is 9.88 Å². The number of benzene rings is 1. The monoisotopic (exact) mass is 502 g/mol. The molecule has 3 N–H and O–H groups in total. The zero-order valence-electron chi connectivity index (χ0n) is 20.0. The molecule has 1 aromatic heterocycles. The lowest BCUT2D eigenvalue weighted by Gasteiger charge is -2.53. The number of amides is 1. The van der Waals surface area contributed by atoms with Gasteiger partial charge in [0.15, 0.2) is 5.69 Å². The van der Waals surface area contributed by atoms with Crippen LogP contribution in [0.5, 0.6) is 0 Å². The number of nitrogens with one attached hydrogen (secondary N) is 1. The number of fused-ring (bicyclic) bond motifs is 3. The number of piperidine rings is 2. The van der Waals surface area contributed by atoms with Gasteiger partial charge in [-0.25, -0.2) is 9.55 Å². The maximum Gasteiger partial charge on any atom is 0.430 e. The third kappa shape index (κ3) is 5.24. The molecule has 3 heterocycles. The Morgan fingerprint density at radius 1 is 0.886 bits per heavy atom. The molecule has 35 heavy (non-hydrogen) atoms. The molecular weight excluding hydrogens is 467 g/mol. The molecule has 2 aliphatic heterocycles. The normalized spacial score (nSPS) is 26.7. The van der Waals surface area contributed by atoms with Gasteiger partial charge in [0.05, 0.1) is 11.0 Å². The van der Waals surface area contributed by atoms with Gasteiger partial charge in [-0.05, 0) is 50.7 Å². The van der Waals surface area contributed by atoms with Gasteiger partial charge in [0, 0.05) is 24.2 Å². The highest BCUT2D eigenvalue weighted by molar-refractivity contribution is 7.50. The Kier molecular flexibility index (Phi) is 7.13. The van der Waals surface area contributed by atoms with E-state index in [4.69, 9.17) is 0 Å². The fourth-order valence-electron chi connectivity index (χ4n) is 6.78. The number of rotatable bonds is 4. The number of aromatic nitrogens is 2. The van der Waals surface area contributed by atoms with E-state index in [1.54, 1.807) is 21.8 Å². The summed E-state index contributed by atoms with van der Waals surface area (Å²) >= 11 is 0. The zero-order chi connectivity index (χ0) is 24.6. The van der Waals surface area contributed by atoms with Crippen LogP contribution in [0.3, 0.4) is 0 Å². The Morgan fingerprint density at radius 2 is 1.49 bits per heavy atom. The highest BCUT2D eigenvalue weighted by Gasteiger charge is 2.42. The maximum absolute atomic E-state index is 13.6. The molecule has 1 aromatic carbocycles. The molecule has 190 valence electrons. The molecule has 9 nitrogen and oxygen atoms in total. The highest BCUT2D eigenvalue weighted by atomic mass is 31.2. The van der Waals surface area contributed by atoms with E-state index >= 15 is 0 Å². The number of hydrogen-bond acceptors (Lipinski definition) is 5. The van der Waals surface area contributed by atoms with Crippen LogP contribution >= 0.6 is 7.75 Å². The summed E-state index contributed by atoms with van der Waals surface area (Å²) in [5.41, 5.74) is 0.0695. The van der Waals surface area contributed by atoms with Gasteiger partial charge in [-0.3, -0.25) is 19.6 Å². The molecule has 2 saturated heterocycles. The van der Waals surface area contributed by atoms with Crippen molar-refractivity contribution in [2.24, 2.45) is 0 Å². The second kappa shape index (κ2) is 10.1. The third-order valence-electron chi connectivity index (χ3n) is 8.12. The van der Waals surface area contributed by atoms with Crippen molar-refractivity contribution in [2.45, 2.75) is 101 Å². The van der Waals surface area contributed by atoms with Crippen LogP contribution in [-0.4, -0.2) is 48.3 Å². The smallest absolute Gasteiger partial charge is 0.308 e. The zero-order valence-corrected chi connectivity index (χ0v) is 20.9. The first-order valence-corrected chi connectivity index (χ1v) is 14.6. The average Bonchev–Trinajstić information content (AvgIpc) is 2.77. The van der Waals surface area contributed by atoms with Crippen molar-refractivity contribution in [1.82, 2.24) is 19.5 Å². The largest absolute Gasteiger partial charge is 0.430 e. The van der Waals surface area contributed by atoms with E-state index in [1.807, 2.05) is 12.1 Å². The van der Waals surface area contributed by atoms with E-state index in [1.165, 1.54) is 51.4 Å². The van der Waals surface area contributed by atoms with Gasteiger partial charge in [-0.15, -0.1) is 0 Å². The van der Waals surface area contributed by atoms with E-state index < -0.39 is 24.9 Å². The lowest BCUT2D eigenvalue weighted by molar-refractivity contribution is -0.0247. The van der Waals surface area contributed by atoms with Crippen molar-refractivity contribution in [3.63, 3.8) is 0 Å². The summed E-state index contributed by atoms with van der Waals surface area (Å²) in [4.78, 5) is 51.5. The Bertz CT molecular complexity index is 1170. The Morgan fingerprint density at radius 3 is 2.14 bits per heavy atom. The molecular formula is C25H35N4O5P. The summed E-state index contributed by atoms with van der Waals surface area (Å²) in [6.07, 6.45) is 14.2. The first-order chi connectivity index (χ1) is 16.8. The fourth-order valence-corrected chi connectivity index (χ4v) is 7.15. The van der Waals surface area contributed by atoms with Crippen molar-refractivity contribution >= 4 is 24.7 Å². The fraction of sp³-hybridized carbons (Fsp3) is 0.640. The van der Waals surface area contributed by atoms with Crippen LogP contribution < -0.4 is 10.6 Å². The highest BCUT2D eigenvalue weighted by Crippen LogP contribution is 2.42. The SMILES string of the molecule is O=C(NP(=O)(O)O)c1nc2ccccc2n(C2C[C@H]3CCC[C@@H](C2)N3C2CCCCCCC2)c1=O. The summed E-state index contributed by atoms with van der Waals surface area (Å²) in [5, 5.41) is 1.62. The first kappa shape index (κ1) is 24.6. The Balaban J connectivity index is 1.50. The summed E-state index contributed by atoms with van der Waals surface area (Å²) < 4.78 is 13.0. The summed E-state index contributed by atoms with van der Waals surface area (Å²) in [5.74, 6) is -1.14. The lowest BCUT2D eigenvalue weighted by atomic mass is 9.79. The quantitative estimate of drug-likeness (QED) is 0.542. The van der Waals surface area contributed by atoms with E-state index in [0.717, 1.165) is 25.7 Å². The minimum atomic E-state index is -4.86. The standard InChI is InChI=1S/C25H35N4O5P/c30-24(27-35(32,33)34)23-25(31)29(22-14-7-6-13-21(22)26-23)20-15-18-11-8-12-19(16-20)28(18)17-9-4-2-1-3-5-10-17/h6-7,13-14,17-20H,1-5,8-12,15-16H2,(H3,27,30,32,33,34)/t18-,19+,20?. The van der Waals surface area contributed by atoms with Crippen LogP contribution in [0.25, 0.3) is 11.0 Å². The van der Waals surface area contributed by atoms with Crippen molar-refractivity contribution in [1.29, 1.82) is 0 Å². The van der Waals surface area contributed by atoms with Gasteiger partial charge < -0.3 is 14.4 Å². The van der Waals surface area contributed by atoms with Gasteiger partial charge >= 0.3 is 7.75 Å². The molecule has 1 amide bonds. The van der Waals surface area contributed by atoms with Gasteiger partial charge in [0.1, 0.15) is 0 Å². The summed E-state index contributed by atoms with van der Waals surface area (Å²) in [6.45, 7) is 0. The maximum atomic E-state index is 13.6. The third-order valence-corrected chi connectivity index (χ3v) is 8.62. The van der Waals surface area contributed by atoms with Crippen molar-refractivity contribution in [3.05, 3.63) is 40.3 Å². The molecule has 0 radical (unpaired) electrons. The molecule has 2 aromatic rings. The number of carbonyl (C=O) groups excluding carboxylic acids is 1. The van der Waals surface area contributed by atoms with Gasteiger partial charge in [0.25, 0.3) is 11.5 Å². The molecule has 3 aliphatic rings. The molecule has 3 fully saturated rings. The van der Waals surface area contributed by atoms with Crippen molar-refractivity contribution < 1.29 is 19.1 Å². The molecule has 0 spiro atoms. The Hall–Kier alpha value is -2.06. The lowest BCUT2D eigenvalue weighted by Crippen LogP contribution is -2.57. The summed E-state index contributed by atoms with van der Waals surface area (Å²) in [7, 11) is -4.86. The number of hydrogen-bond donors (Lipinski definition) is 3. The molecule has 10 heteroatoms. The minimum absolute atomic E-state index is 0.0860. The molecule has 5 rings (SSSR count). The van der Waals surface area contributed by atoms with Crippen LogP contribution in [0, 0.1) is 0 Å². The number of carbonyl (C=O) groups is 1. The van der Waals surface area contributed by atoms with E-state index in [-0.39, 0.29) is 6.04 Å². The van der Waals surface area contributed by atoms with Gasteiger partial charge in [-0.2, -0.15) is 0 Å². The minimum Gasteiger partial charge on any atom is -0.308 e. The van der Waals surface area contributed by atoms with Crippen LogP contribution in [0.4, 0.5) is 0 Å². The molecule has 1 unspecified atom stereocenters.